The minimum Gasteiger partial charge on any atom is -0.238 e. The monoisotopic (exact) mass is 432 g/mol. The maximum atomic E-state index is 13.1. The molecule has 0 aliphatic carbocycles. The van der Waals surface area contributed by atoms with Crippen LogP contribution in [-0.4, -0.2) is 39.7 Å². The first-order valence-corrected chi connectivity index (χ1v) is 7.77. The summed E-state index contributed by atoms with van der Waals surface area (Å²) in [5.41, 5.74) is 0. The Morgan fingerprint density at radius 3 is 1.48 bits per heavy atom. The lowest BCUT2D eigenvalue weighted by Gasteiger charge is -2.37. The van der Waals surface area contributed by atoms with E-state index in [0.29, 0.717) is 12.3 Å². The van der Waals surface area contributed by atoms with E-state index in [1.807, 2.05) is 0 Å². The van der Waals surface area contributed by atoms with Crippen molar-refractivity contribution in [2.45, 2.75) is 34.8 Å². The van der Waals surface area contributed by atoms with E-state index in [1.54, 1.807) is 0 Å². The largest absolute Gasteiger partial charge is 0.433 e. The fourth-order valence-corrected chi connectivity index (χ4v) is 4.40. The second-order valence-electron chi connectivity index (χ2n) is 4.23. The zero-order valence-electron chi connectivity index (χ0n) is 11.1. The Bertz CT molecular complexity index is 527. The van der Waals surface area contributed by atoms with E-state index >= 15 is 0 Å². The lowest BCUT2D eigenvalue weighted by atomic mass is 10.2. The third-order valence-electron chi connectivity index (χ3n) is 2.46. The van der Waals surface area contributed by atoms with Crippen LogP contribution in [0.4, 0.5) is 52.7 Å². The van der Waals surface area contributed by atoms with Gasteiger partial charge in [-0.15, -0.1) is 0 Å². The molecule has 0 aromatic carbocycles. The zero-order valence-corrected chi connectivity index (χ0v) is 12.7. The quantitative estimate of drug-likeness (QED) is 0.460. The summed E-state index contributed by atoms with van der Waals surface area (Å²) in [5, 5.41) is -1.76. The van der Waals surface area contributed by atoms with Gasteiger partial charge in [0.25, 0.3) is 0 Å². The second-order valence-corrected chi connectivity index (χ2v) is 6.73. The van der Waals surface area contributed by atoms with Gasteiger partial charge in [0.2, 0.25) is 5.25 Å². The summed E-state index contributed by atoms with van der Waals surface area (Å²) in [6, 6.07) is 0.600. The molecule has 0 atom stereocenters. The number of rotatable bonds is 4. The van der Waals surface area contributed by atoms with Crippen LogP contribution in [0.1, 0.15) is 0 Å². The van der Waals surface area contributed by atoms with Gasteiger partial charge in [0, 0.05) is 12.4 Å². The van der Waals surface area contributed by atoms with Gasteiger partial charge in [0.15, 0.2) is 0 Å². The van der Waals surface area contributed by atoms with Gasteiger partial charge in [-0.25, -0.2) is 4.68 Å². The topological polar surface area (TPSA) is 17.8 Å². The molecule has 0 N–H and O–H groups in total. The molecule has 0 spiro atoms. The lowest BCUT2D eigenvalue weighted by molar-refractivity contribution is -0.293. The highest BCUT2D eigenvalue weighted by molar-refractivity contribution is 8.77. The third kappa shape index (κ3) is 4.43. The number of hydrogen-bond acceptors (Lipinski definition) is 3. The Morgan fingerprint density at radius 2 is 1.20 bits per heavy atom. The molecule has 0 radical (unpaired) electrons. The van der Waals surface area contributed by atoms with Crippen molar-refractivity contribution in [2.75, 3.05) is 0 Å². The summed E-state index contributed by atoms with van der Waals surface area (Å²) in [4.78, 5) is -5.15. The third-order valence-corrected chi connectivity index (χ3v) is 5.76. The number of alkyl halides is 12. The summed E-state index contributed by atoms with van der Waals surface area (Å²) >= 11 is 0. The maximum Gasteiger partial charge on any atom is 0.433 e. The molecule has 0 amide bonds. The molecule has 2 nitrogen and oxygen atoms in total. The van der Waals surface area contributed by atoms with Crippen LogP contribution in [-0.2, 0) is 4.87 Å². The van der Waals surface area contributed by atoms with E-state index < -0.39 is 61.1 Å². The molecular weight excluding hydrogens is 428 g/mol. The summed E-state index contributed by atoms with van der Waals surface area (Å²) < 4.78 is 152. The molecule has 0 saturated carbocycles. The molecule has 1 aromatic rings. The zero-order chi connectivity index (χ0) is 19.9. The van der Waals surface area contributed by atoms with Crippen molar-refractivity contribution < 1.29 is 52.7 Å². The lowest BCUT2D eigenvalue weighted by Crippen LogP contribution is -2.56. The highest BCUT2D eigenvalue weighted by Gasteiger charge is 2.75. The Labute approximate surface area is 138 Å². The first-order valence-electron chi connectivity index (χ1n) is 5.56. The predicted octanol–water partition coefficient (Wildman–Crippen LogP) is 5.54. The average Bonchev–Trinajstić information content (AvgIpc) is 2.81. The van der Waals surface area contributed by atoms with Crippen molar-refractivity contribution in [3.05, 3.63) is 18.5 Å². The summed E-state index contributed by atoms with van der Waals surface area (Å²) in [6.07, 6.45) is -24.3. The fourth-order valence-electron chi connectivity index (χ4n) is 1.42. The van der Waals surface area contributed by atoms with Crippen LogP contribution in [0.5, 0.6) is 0 Å². The molecule has 0 saturated heterocycles. The van der Waals surface area contributed by atoms with Crippen LogP contribution in [0, 0.1) is 0 Å². The molecule has 25 heavy (non-hydrogen) atoms. The molecule has 0 aliphatic heterocycles. The summed E-state index contributed by atoms with van der Waals surface area (Å²) in [7, 11) is -3.31. The van der Waals surface area contributed by atoms with Crippen LogP contribution >= 0.6 is 21.6 Å². The molecule has 0 bridgehead atoms. The minimum absolute atomic E-state index is 0.130. The molecule has 16 heteroatoms. The van der Waals surface area contributed by atoms with Gasteiger partial charge in [0.05, 0.1) is 0 Å². The number of aromatic nitrogens is 2. The molecule has 1 aromatic heterocycles. The average molecular weight is 432 g/mol. The predicted molar refractivity (Wildman–Crippen MR) is 63.4 cm³/mol. The van der Waals surface area contributed by atoms with Gasteiger partial charge >= 0.3 is 29.6 Å². The molecular formula is C9H4F12N2S2. The van der Waals surface area contributed by atoms with E-state index in [0.717, 1.165) is 0 Å². The smallest absolute Gasteiger partial charge is 0.238 e. The van der Waals surface area contributed by atoms with Crippen LogP contribution < -0.4 is 0 Å². The minimum atomic E-state index is -6.31. The maximum absolute atomic E-state index is 13.1. The van der Waals surface area contributed by atoms with Crippen LogP contribution in [0.2, 0.25) is 0 Å². The Morgan fingerprint density at radius 1 is 0.760 bits per heavy atom. The SMILES string of the molecule is FC(F)(F)C(SSC(n1cccn1)(C(F)(F)F)C(F)(F)F)C(F)(F)F. The normalized spacial score (nSPS) is 15.1. The Kier molecular flexibility index (Phi) is 5.89. The van der Waals surface area contributed by atoms with E-state index in [4.69, 9.17) is 0 Å². The molecule has 1 heterocycles. The Balaban J connectivity index is 3.41. The highest BCUT2D eigenvalue weighted by Crippen LogP contribution is 2.61. The molecule has 0 aliphatic rings. The van der Waals surface area contributed by atoms with Gasteiger partial charge in [-0.05, 0) is 16.9 Å². The number of nitrogens with zero attached hydrogens (tertiary/aromatic N) is 2. The van der Waals surface area contributed by atoms with E-state index in [-0.39, 0.29) is 6.20 Å². The van der Waals surface area contributed by atoms with Crippen molar-refractivity contribution in [2.24, 2.45) is 0 Å². The highest BCUT2D eigenvalue weighted by atomic mass is 33.1. The van der Waals surface area contributed by atoms with Crippen molar-refractivity contribution >= 4 is 21.6 Å². The van der Waals surface area contributed by atoms with Crippen LogP contribution in [0.3, 0.4) is 0 Å². The molecule has 0 unspecified atom stereocenters. The van der Waals surface area contributed by atoms with E-state index in [2.05, 4.69) is 5.10 Å². The van der Waals surface area contributed by atoms with Crippen molar-refractivity contribution in [3.63, 3.8) is 0 Å². The van der Waals surface area contributed by atoms with E-state index in [1.165, 1.54) is 0 Å². The number of halogens is 12. The first-order chi connectivity index (χ1) is 10.9. The summed E-state index contributed by atoms with van der Waals surface area (Å²) in [5.74, 6) is 0. The standard InChI is InChI=1S/C9H4F12N2S2/c10-5(11,12)4(6(13,14)15)24-25-7(8(16,17)18,9(19,20)21)23-3-1-2-22-23/h1-4H. The van der Waals surface area contributed by atoms with Gasteiger partial charge in [-0.2, -0.15) is 57.8 Å². The van der Waals surface area contributed by atoms with Crippen molar-refractivity contribution in [3.8, 4) is 0 Å². The molecule has 1 rings (SSSR count). The Hall–Kier alpha value is -0.930. The first kappa shape index (κ1) is 22.1. The second kappa shape index (κ2) is 6.66. The fraction of sp³-hybridized carbons (Fsp3) is 0.667. The van der Waals surface area contributed by atoms with Crippen LogP contribution in [0.15, 0.2) is 18.5 Å². The van der Waals surface area contributed by atoms with Gasteiger partial charge in [-0.1, -0.05) is 10.8 Å². The van der Waals surface area contributed by atoms with Crippen molar-refractivity contribution in [1.82, 2.24) is 9.78 Å². The van der Waals surface area contributed by atoms with Crippen LogP contribution in [0.25, 0.3) is 0 Å². The van der Waals surface area contributed by atoms with E-state index in [9.17, 15) is 52.7 Å². The number of hydrogen-bond donors (Lipinski definition) is 0. The van der Waals surface area contributed by atoms with Gasteiger partial charge in [0.1, 0.15) is 0 Å². The molecule has 0 fully saturated rings. The van der Waals surface area contributed by atoms with Gasteiger partial charge < -0.3 is 0 Å². The molecule has 146 valence electrons. The summed E-state index contributed by atoms with van der Waals surface area (Å²) in [6.45, 7) is 0. The van der Waals surface area contributed by atoms with Gasteiger partial charge in [-0.3, -0.25) is 0 Å². The van der Waals surface area contributed by atoms with Crippen molar-refractivity contribution in [1.29, 1.82) is 0 Å².